The number of thiazole rings is 1. The average Bonchev–Trinajstić information content (AvgIpc) is 2.83. The van der Waals surface area contributed by atoms with Gasteiger partial charge >= 0.3 is 0 Å². The molecule has 0 aliphatic carbocycles. The molecule has 8 heteroatoms. The maximum atomic E-state index is 11.6. The summed E-state index contributed by atoms with van der Waals surface area (Å²) >= 11 is 1.50. The van der Waals surface area contributed by atoms with E-state index in [2.05, 4.69) is 4.98 Å². The van der Waals surface area contributed by atoms with Crippen molar-refractivity contribution in [2.24, 2.45) is 5.14 Å². The molecule has 1 aromatic heterocycles. The molecule has 0 radical (unpaired) electrons. The predicted octanol–water partition coefficient (Wildman–Crippen LogP) is -0.425. The van der Waals surface area contributed by atoms with Crippen molar-refractivity contribution < 1.29 is 13.2 Å². The standard InChI is InChI=1S/C9H13N3O3S2/c10-17(14,15)8-3-9(13)12(4-8)2-1-7-5-16-6-11-7/h5-6,8H,1-4H2,(H2,10,14,15). The van der Waals surface area contributed by atoms with Crippen molar-refractivity contribution in [2.75, 3.05) is 13.1 Å². The van der Waals surface area contributed by atoms with Crippen molar-refractivity contribution in [3.63, 3.8) is 0 Å². The van der Waals surface area contributed by atoms with Crippen molar-refractivity contribution >= 4 is 27.3 Å². The van der Waals surface area contributed by atoms with E-state index in [-0.39, 0.29) is 18.9 Å². The van der Waals surface area contributed by atoms with Gasteiger partial charge in [-0.25, -0.2) is 18.5 Å². The number of carbonyl (C=O) groups excluding carboxylic acids is 1. The second kappa shape index (κ2) is 4.71. The largest absolute Gasteiger partial charge is 0.341 e. The number of rotatable bonds is 4. The van der Waals surface area contributed by atoms with Crippen LogP contribution in [-0.4, -0.2) is 42.5 Å². The van der Waals surface area contributed by atoms with Gasteiger partial charge in [0, 0.05) is 31.3 Å². The maximum Gasteiger partial charge on any atom is 0.224 e. The van der Waals surface area contributed by atoms with Crippen LogP contribution < -0.4 is 5.14 Å². The molecule has 2 N–H and O–H groups in total. The lowest BCUT2D eigenvalue weighted by molar-refractivity contribution is -0.127. The topological polar surface area (TPSA) is 93.4 Å². The van der Waals surface area contributed by atoms with Gasteiger partial charge < -0.3 is 4.90 Å². The Morgan fingerprint density at radius 2 is 2.35 bits per heavy atom. The fourth-order valence-corrected chi connectivity index (χ4v) is 3.14. The van der Waals surface area contributed by atoms with Crippen LogP contribution in [0.4, 0.5) is 0 Å². The molecule has 0 bridgehead atoms. The maximum absolute atomic E-state index is 11.6. The van der Waals surface area contributed by atoms with Crippen molar-refractivity contribution in [3.05, 3.63) is 16.6 Å². The third kappa shape index (κ3) is 3.02. The summed E-state index contributed by atoms with van der Waals surface area (Å²) in [5.41, 5.74) is 2.65. The van der Waals surface area contributed by atoms with Gasteiger partial charge in [0.2, 0.25) is 15.9 Å². The SMILES string of the molecule is NS(=O)(=O)C1CC(=O)N(CCc2cscn2)C1. The lowest BCUT2D eigenvalue weighted by Gasteiger charge is -2.15. The lowest BCUT2D eigenvalue weighted by Crippen LogP contribution is -2.33. The van der Waals surface area contributed by atoms with Crippen molar-refractivity contribution in [1.82, 2.24) is 9.88 Å². The Hall–Kier alpha value is -0.990. The first-order chi connectivity index (χ1) is 7.97. The molecule has 0 spiro atoms. The van der Waals surface area contributed by atoms with Crippen molar-refractivity contribution in [2.45, 2.75) is 18.1 Å². The fourth-order valence-electron chi connectivity index (χ4n) is 1.78. The van der Waals surface area contributed by atoms with E-state index in [4.69, 9.17) is 5.14 Å². The third-order valence-corrected chi connectivity index (χ3v) is 4.65. The molecule has 2 heterocycles. The highest BCUT2D eigenvalue weighted by atomic mass is 32.2. The highest BCUT2D eigenvalue weighted by Crippen LogP contribution is 2.16. The van der Waals surface area contributed by atoms with Crippen molar-refractivity contribution in [3.8, 4) is 0 Å². The molecular formula is C9H13N3O3S2. The molecule has 1 aromatic rings. The van der Waals surface area contributed by atoms with E-state index in [1.54, 1.807) is 5.51 Å². The van der Waals surface area contributed by atoms with Crippen LogP contribution in [-0.2, 0) is 21.2 Å². The molecule has 1 unspecified atom stereocenters. The second-order valence-corrected chi connectivity index (χ2v) is 6.55. The van der Waals surface area contributed by atoms with E-state index < -0.39 is 15.3 Å². The summed E-state index contributed by atoms with van der Waals surface area (Å²) in [6.45, 7) is 0.691. The monoisotopic (exact) mass is 275 g/mol. The Kier molecular flexibility index (Phi) is 3.45. The quantitative estimate of drug-likeness (QED) is 0.807. The van der Waals surface area contributed by atoms with Crippen LogP contribution in [0.25, 0.3) is 0 Å². The minimum Gasteiger partial charge on any atom is -0.341 e. The number of nitrogens with zero attached hydrogens (tertiary/aromatic N) is 2. The Morgan fingerprint density at radius 1 is 1.59 bits per heavy atom. The summed E-state index contributed by atoms with van der Waals surface area (Å²) in [4.78, 5) is 17.2. The Morgan fingerprint density at radius 3 is 2.88 bits per heavy atom. The van der Waals surface area contributed by atoms with Gasteiger partial charge in [-0.2, -0.15) is 0 Å². The zero-order chi connectivity index (χ0) is 12.5. The van der Waals surface area contributed by atoms with Crippen LogP contribution in [0.5, 0.6) is 0 Å². The highest BCUT2D eigenvalue weighted by molar-refractivity contribution is 7.89. The molecule has 1 saturated heterocycles. The van der Waals surface area contributed by atoms with Gasteiger partial charge in [-0.3, -0.25) is 4.79 Å². The molecule has 1 aliphatic rings. The van der Waals surface area contributed by atoms with Crippen molar-refractivity contribution in [1.29, 1.82) is 0 Å². The Labute approximate surface area is 103 Å². The van der Waals surface area contributed by atoms with E-state index in [0.717, 1.165) is 5.69 Å². The lowest BCUT2D eigenvalue weighted by atomic mass is 10.3. The molecule has 94 valence electrons. The van der Waals surface area contributed by atoms with Gasteiger partial charge in [0.1, 0.15) is 5.25 Å². The molecule has 0 aromatic carbocycles. The number of primary sulfonamides is 1. The molecule has 0 saturated carbocycles. The van der Waals surface area contributed by atoms with Gasteiger partial charge in [-0.05, 0) is 0 Å². The summed E-state index contributed by atoms with van der Waals surface area (Å²) in [6.07, 6.45) is 0.641. The fraction of sp³-hybridized carbons (Fsp3) is 0.556. The minimum atomic E-state index is -3.62. The predicted molar refractivity (Wildman–Crippen MR) is 63.9 cm³/mol. The first-order valence-electron chi connectivity index (χ1n) is 5.13. The smallest absolute Gasteiger partial charge is 0.224 e. The summed E-state index contributed by atoms with van der Waals surface area (Å²) in [5.74, 6) is -0.153. The Bertz CT molecular complexity index is 498. The number of hydrogen-bond donors (Lipinski definition) is 1. The molecule has 2 rings (SSSR count). The van der Waals surface area contributed by atoms with Crippen LogP contribution >= 0.6 is 11.3 Å². The number of amides is 1. The molecule has 1 amide bonds. The van der Waals surface area contributed by atoms with Crippen LogP contribution in [0.1, 0.15) is 12.1 Å². The van der Waals surface area contributed by atoms with Gasteiger partial charge in [0.15, 0.2) is 0 Å². The number of hydrogen-bond acceptors (Lipinski definition) is 5. The zero-order valence-corrected chi connectivity index (χ0v) is 10.7. The number of aromatic nitrogens is 1. The first-order valence-corrected chi connectivity index (χ1v) is 7.68. The minimum absolute atomic E-state index is 0.00407. The van der Waals surface area contributed by atoms with Gasteiger partial charge in [0.05, 0.1) is 11.2 Å². The van der Waals surface area contributed by atoms with Gasteiger partial charge in [-0.15, -0.1) is 11.3 Å². The van der Waals surface area contributed by atoms with Gasteiger partial charge in [0.25, 0.3) is 0 Å². The third-order valence-electron chi connectivity index (χ3n) is 2.76. The zero-order valence-electron chi connectivity index (χ0n) is 9.07. The number of likely N-dealkylation sites (tertiary alicyclic amines) is 1. The molecule has 1 atom stereocenters. The summed E-state index contributed by atoms with van der Waals surface area (Å²) in [5, 5.41) is 6.19. The Balaban J connectivity index is 1.93. The van der Waals surface area contributed by atoms with Crippen LogP contribution in [0.2, 0.25) is 0 Å². The molecule has 1 aliphatic heterocycles. The summed E-state index contributed by atoms with van der Waals surface area (Å²) in [6, 6.07) is 0. The van der Waals surface area contributed by atoms with Crippen LogP contribution in [0, 0.1) is 0 Å². The summed E-state index contributed by atoms with van der Waals surface area (Å²) in [7, 11) is -3.62. The van der Waals surface area contributed by atoms with E-state index in [1.807, 2.05) is 5.38 Å². The average molecular weight is 275 g/mol. The molecular weight excluding hydrogens is 262 g/mol. The number of nitrogens with two attached hydrogens (primary N) is 1. The normalized spacial score (nSPS) is 21.1. The first kappa shape index (κ1) is 12.5. The molecule has 6 nitrogen and oxygen atoms in total. The van der Waals surface area contributed by atoms with E-state index in [9.17, 15) is 13.2 Å². The molecule has 1 fully saturated rings. The van der Waals surface area contributed by atoms with Gasteiger partial charge in [-0.1, -0.05) is 0 Å². The van der Waals surface area contributed by atoms with Crippen LogP contribution in [0.3, 0.4) is 0 Å². The second-order valence-electron chi connectivity index (χ2n) is 3.98. The highest BCUT2D eigenvalue weighted by Gasteiger charge is 2.35. The van der Waals surface area contributed by atoms with Crippen LogP contribution in [0.15, 0.2) is 10.9 Å². The number of carbonyl (C=O) groups is 1. The molecule has 17 heavy (non-hydrogen) atoms. The van der Waals surface area contributed by atoms with E-state index in [1.165, 1.54) is 16.2 Å². The summed E-state index contributed by atoms with van der Waals surface area (Å²) < 4.78 is 22.3. The van der Waals surface area contributed by atoms with E-state index in [0.29, 0.717) is 13.0 Å². The van der Waals surface area contributed by atoms with E-state index >= 15 is 0 Å². The number of sulfonamides is 1.